The van der Waals surface area contributed by atoms with Gasteiger partial charge in [-0.3, -0.25) is 4.79 Å². The molecule has 102 valence electrons. The lowest BCUT2D eigenvalue weighted by Gasteiger charge is -2.28. The minimum atomic E-state index is -0.752. The van der Waals surface area contributed by atoms with E-state index in [1.165, 1.54) is 0 Å². The first-order valence-electron chi connectivity index (χ1n) is 6.26. The van der Waals surface area contributed by atoms with Crippen LogP contribution in [0.4, 0.5) is 0 Å². The maximum absolute atomic E-state index is 11.0. The minimum Gasteiger partial charge on any atom is -0.481 e. The van der Waals surface area contributed by atoms with Crippen LogP contribution in [0.2, 0.25) is 0 Å². The Morgan fingerprint density at radius 1 is 1.35 bits per heavy atom. The molecule has 0 saturated carbocycles. The molecule has 0 aromatic rings. The highest BCUT2D eigenvalue weighted by molar-refractivity contribution is 5.73. The number of hydrogen-bond donors (Lipinski definition) is 2. The van der Waals surface area contributed by atoms with Gasteiger partial charge in [0.2, 0.25) is 0 Å². The van der Waals surface area contributed by atoms with Gasteiger partial charge in [0.05, 0.1) is 5.41 Å². The fraction of sp³-hybridized carbons (Fsp3) is 0.923. The molecule has 0 radical (unpaired) electrons. The summed E-state index contributed by atoms with van der Waals surface area (Å²) < 4.78 is 0. The van der Waals surface area contributed by atoms with Crippen LogP contribution in [0.25, 0.3) is 0 Å². The quantitative estimate of drug-likeness (QED) is 0.682. The van der Waals surface area contributed by atoms with Crippen LogP contribution >= 0.6 is 0 Å². The maximum Gasteiger partial charge on any atom is 0.310 e. The first kappa shape index (κ1) is 16.4. The molecule has 4 nitrogen and oxygen atoms in total. The number of nitrogens with one attached hydrogen (secondary N) is 1. The van der Waals surface area contributed by atoms with E-state index in [1.54, 1.807) is 13.8 Å². The number of aliphatic carboxylic acids is 1. The second-order valence-corrected chi connectivity index (χ2v) is 6.16. The van der Waals surface area contributed by atoms with Crippen molar-refractivity contribution in [3.8, 4) is 0 Å². The number of rotatable bonds is 8. The average molecular weight is 244 g/mol. The van der Waals surface area contributed by atoms with Crippen LogP contribution in [0.3, 0.4) is 0 Å². The van der Waals surface area contributed by atoms with Crippen LogP contribution in [0, 0.1) is 11.3 Å². The fourth-order valence-electron chi connectivity index (χ4n) is 1.71. The molecular weight excluding hydrogens is 216 g/mol. The molecule has 0 aromatic heterocycles. The molecule has 0 amide bonds. The predicted molar refractivity (Wildman–Crippen MR) is 71.2 cm³/mol. The zero-order chi connectivity index (χ0) is 13.6. The summed E-state index contributed by atoms with van der Waals surface area (Å²) in [6.07, 6.45) is 1.06. The number of carboxylic acids is 1. The fourth-order valence-corrected chi connectivity index (χ4v) is 1.71. The van der Waals surface area contributed by atoms with Crippen LogP contribution in [0.5, 0.6) is 0 Å². The van der Waals surface area contributed by atoms with Crippen LogP contribution in [-0.2, 0) is 4.79 Å². The van der Waals surface area contributed by atoms with Gasteiger partial charge in [-0.25, -0.2) is 0 Å². The maximum atomic E-state index is 11.0. The Morgan fingerprint density at radius 3 is 2.24 bits per heavy atom. The van der Waals surface area contributed by atoms with Gasteiger partial charge in [0, 0.05) is 19.1 Å². The predicted octanol–water partition coefficient (Wildman–Crippen LogP) is 1.66. The summed E-state index contributed by atoms with van der Waals surface area (Å²) in [5.74, 6) is -0.140. The third-order valence-electron chi connectivity index (χ3n) is 2.75. The molecule has 0 heterocycles. The van der Waals surface area contributed by atoms with E-state index in [0.717, 1.165) is 13.0 Å². The number of nitrogens with zero attached hydrogens (tertiary/aromatic N) is 1. The summed E-state index contributed by atoms with van der Waals surface area (Å²) in [5.41, 5.74) is -0.707. The van der Waals surface area contributed by atoms with Crippen molar-refractivity contribution < 1.29 is 9.90 Å². The Bertz CT molecular complexity index is 228. The SMILES string of the molecule is CC(C)CC(CN(C)C)NCC(C)(C)C(=O)O. The van der Waals surface area contributed by atoms with E-state index in [2.05, 4.69) is 24.1 Å². The summed E-state index contributed by atoms with van der Waals surface area (Å²) in [6.45, 7) is 9.33. The average Bonchev–Trinajstić information content (AvgIpc) is 2.12. The van der Waals surface area contributed by atoms with Crippen molar-refractivity contribution in [2.24, 2.45) is 11.3 Å². The van der Waals surface area contributed by atoms with Gasteiger partial charge >= 0.3 is 5.97 Å². The summed E-state index contributed by atoms with van der Waals surface area (Å²) in [6, 6.07) is 0.351. The molecule has 0 spiro atoms. The van der Waals surface area contributed by atoms with E-state index in [-0.39, 0.29) is 0 Å². The molecule has 0 saturated heterocycles. The first-order valence-corrected chi connectivity index (χ1v) is 6.26. The van der Waals surface area contributed by atoms with Crippen molar-refractivity contribution >= 4 is 5.97 Å². The van der Waals surface area contributed by atoms with E-state index in [1.807, 2.05) is 14.1 Å². The summed E-state index contributed by atoms with van der Waals surface area (Å²) in [5, 5.41) is 12.4. The van der Waals surface area contributed by atoms with Gasteiger partial charge < -0.3 is 15.3 Å². The number of hydrogen-bond acceptors (Lipinski definition) is 3. The highest BCUT2D eigenvalue weighted by Gasteiger charge is 2.27. The van der Waals surface area contributed by atoms with Gasteiger partial charge in [-0.15, -0.1) is 0 Å². The van der Waals surface area contributed by atoms with Gasteiger partial charge in [0.25, 0.3) is 0 Å². The van der Waals surface area contributed by atoms with E-state index in [0.29, 0.717) is 18.5 Å². The number of carboxylic acid groups (broad SMARTS) is 1. The van der Waals surface area contributed by atoms with Crippen molar-refractivity contribution in [2.45, 2.75) is 40.2 Å². The summed E-state index contributed by atoms with van der Waals surface area (Å²) in [4.78, 5) is 13.2. The smallest absolute Gasteiger partial charge is 0.310 e. The van der Waals surface area contributed by atoms with Gasteiger partial charge in [0.1, 0.15) is 0 Å². The topological polar surface area (TPSA) is 52.6 Å². The van der Waals surface area contributed by atoms with E-state index in [4.69, 9.17) is 5.11 Å². The lowest BCUT2D eigenvalue weighted by molar-refractivity contribution is -0.146. The normalized spacial score (nSPS) is 14.4. The Hall–Kier alpha value is -0.610. The minimum absolute atomic E-state index is 0.351. The molecule has 0 fully saturated rings. The molecule has 4 heteroatoms. The third kappa shape index (κ3) is 7.34. The van der Waals surface area contributed by atoms with Gasteiger partial charge in [-0.1, -0.05) is 13.8 Å². The summed E-state index contributed by atoms with van der Waals surface area (Å²) in [7, 11) is 4.08. The highest BCUT2D eigenvalue weighted by atomic mass is 16.4. The standard InChI is InChI=1S/C13H28N2O2/c1-10(2)7-11(8-15(5)6)14-9-13(3,4)12(16)17/h10-11,14H,7-9H2,1-6H3,(H,16,17). The zero-order valence-electron chi connectivity index (χ0n) is 12.1. The van der Waals surface area contributed by atoms with Crippen molar-refractivity contribution in [3.05, 3.63) is 0 Å². The molecule has 0 bridgehead atoms. The van der Waals surface area contributed by atoms with Crippen LogP contribution in [0.1, 0.15) is 34.1 Å². The second-order valence-electron chi connectivity index (χ2n) is 6.16. The highest BCUT2D eigenvalue weighted by Crippen LogP contribution is 2.15. The molecule has 2 N–H and O–H groups in total. The molecule has 1 atom stereocenters. The Balaban J connectivity index is 4.29. The molecule has 0 aliphatic heterocycles. The van der Waals surface area contributed by atoms with Crippen molar-refractivity contribution in [3.63, 3.8) is 0 Å². The molecule has 0 rings (SSSR count). The van der Waals surface area contributed by atoms with Crippen LogP contribution < -0.4 is 5.32 Å². The van der Waals surface area contributed by atoms with Gasteiger partial charge in [-0.2, -0.15) is 0 Å². The molecule has 0 aliphatic carbocycles. The van der Waals surface area contributed by atoms with Crippen LogP contribution in [-0.4, -0.2) is 49.2 Å². The van der Waals surface area contributed by atoms with E-state index >= 15 is 0 Å². The molecule has 0 aliphatic rings. The van der Waals surface area contributed by atoms with E-state index in [9.17, 15) is 4.79 Å². The van der Waals surface area contributed by atoms with Crippen LogP contribution in [0.15, 0.2) is 0 Å². The largest absolute Gasteiger partial charge is 0.481 e. The zero-order valence-corrected chi connectivity index (χ0v) is 12.1. The lowest BCUT2D eigenvalue weighted by atomic mass is 9.93. The Labute approximate surface area is 105 Å². The van der Waals surface area contributed by atoms with Crippen molar-refractivity contribution in [1.82, 2.24) is 10.2 Å². The van der Waals surface area contributed by atoms with Crippen molar-refractivity contribution in [2.75, 3.05) is 27.2 Å². The number of likely N-dealkylation sites (N-methyl/N-ethyl adjacent to an activating group) is 1. The lowest BCUT2D eigenvalue weighted by Crippen LogP contribution is -2.45. The Morgan fingerprint density at radius 2 is 1.88 bits per heavy atom. The molecule has 17 heavy (non-hydrogen) atoms. The Kier molecular flexibility index (Phi) is 6.72. The second kappa shape index (κ2) is 6.97. The first-order chi connectivity index (χ1) is 7.65. The summed E-state index contributed by atoms with van der Waals surface area (Å²) >= 11 is 0. The number of carbonyl (C=O) groups is 1. The van der Waals surface area contributed by atoms with Crippen molar-refractivity contribution in [1.29, 1.82) is 0 Å². The molecule has 0 aromatic carbocycles. The van der Waals surface area contributed by atoms with E-state index < -0.39 is 11.4 Å². The molecule has 1 unspecified atom stereocenters. The third-order valence-corrected chi connectivity index (χ3v) is 2.75. The molecular formula is C13H28N2O2. The van der Waals surface area contributed by atoms with Gasteiger partial charge in [-0.05, 0) is 40.3 Å². The van der Waals surface area contributed by atoms with Gasteiger partial charge in [0.15, 0.2) is 0 Å². The monoisotopic (exact) mass is 244 g/mol.